The third kappa shape index (κ3) is 6.25. The van der Waals surface area contributed by atoms with Crippen LogP contribution in [0.25, 0.3) is 5.57 Å². The lowest BCUT2D eigenvalue weighted by molar-refractivity contribution is -0.130. The molecule has 0 bridgehead atoms. The van der Waals surface area contributed by atoms with E-state index in [9.17, 15) is 18.3 Å². The minimum absolute atomic E-state index is 0.0291. The molecule has 0 unspecified atom stereocenters. The predicted molar refractivity (Wildman–Crippen MR) is 145 cm³/mol. The fourth-order valence-corrected chi connectivity index (χ4v) is 6.85. The second kappa shape index (κ2) is 11.8. The number of carbonyl (C=O) groups excluding carboxylic acids is 1. The van der Waals surface area contributed by atoms with Crippen molar-refractivity contribution >= 4 is 21.5 Å². The van der Waals surface area contributed by atoms with Crippen LogP contribution in [0.5, 0.6) is 5.75 Å². The molecule has 2 aromatic rings. The van der Waals surface area contributed by atoms with Gasteiger partial charge in [-0.3, -0.25) is 4.79 Å². The smallest absolute Gasteiger partial charge is 0.247 e. The molecule has 37 heavy (non-hydrogen) atoms. The number of aliphatic hydroxyl groups excluding tert-OH is 1. The van der Waals surface area contributed by atoms with Gasteiger partial charge in [0.15, 0.2) is 0 Å². The van der Waals surface area contributed by atoms with E-state index in [-0.39, 0.29) is 36.3 Å². The summed E-state index contributed by atoms with van der Waals surface area (Å²) in [6.07, 6.45) is 6.32. The SMILES string of the molecule is C[C@@H]1CN([C@@H](C)CO)S(=O)(=O)c2ccc(C3=CCCCC3)cc2O[C@H]1CN(C)C(=O)Cc1ccccc1. The van der Waals surface area contributed by atoms with Crippen LogP contribution in [-0.4, -0.2) is 67.5 Å². The van der Waals surface area contributed by atoms with Crippen LogP contribution in [0.3, 0.4) is 0 Å². The van der Waals surface area contributed by atoms with Crippen LogP contribution in [-0.2, 0) is 21.2 Å². The molecule has 1 aliphatic carbocycles. The molecule has 1 heterocycles. The van der Waals surface area contributed by atoms with Gasteiger partial charge >= 0.3 is 0 Å². The minimum Gasteiger partial charge on any atom is -0.487 e. The van der Waals surface area contributed by atoms with Crippen molar-refractivity contribution in [1.29, 1.82) is 0 Å². The molecule has 1 amide bonds. The number of hydrogen-bond acceptors (Lipinski definition) is 5. The van der Waals surface area contributed by atoms with Gasteiger partial charge in [0.1, 0.15) is 16.7 Å². The number of rotatable bonds is 7. The number of aliphatic hydroxyl groups is 1. The molecule has 0 fully saturated rings. The molecule has 200 valence electrons. The number of carbonyl (C=O) groups is 1. The Labute approximate surface area is 220 Å². The standard InChI is InChI=1S/C29H38N2O5S/c1-21-18-31(22(2)20-32)37(34,35)28-15-14-25(24-12-8-5-9-13-24)17-26(28)36-27(21)19-30(3)29(33)16-23-10-6-4-7-11-23/h4,6-7,10-12,14-15,17,21-22,27,32H,5,8-9,13,16,18-20H2,1-3H3/t21-,22+,27+/m1/s1. The van der Waals surface area contributed by atoms with Crippen LogP contribution < -0.4 is 4.74 Å². The van der Waals surface area contributed by atoms with Crippen LogP contribution in [0, 0.1) is 5.92 Å². The van der Waals surface area contributed by atoms with Gasteiger partial charge in [-0.25, -0.2) is 8.42 Å². The highest BCUT2D eigenvalue weighted by molar-refractivity contribution is 7.89. The average molecular weight is 527 g/mol. The molecular weight excluding hydrogens is 488 g/mol. The predicted octanol–water partition coefficient (Wildman–Crippen LogP) is 4.11. The first-order valence-electron chi connectivity index (χ1n) is 13.1. The third-order valence-electron chi connectivity index (χ3n) is 7.41. The lowest BCUT2D eigenvalue weighted by Gasteiger charge is -2.37. The molecule has 1 aliphatic heterocycles. The second-order valence-corrected chi connectivity index (χ2v) is 12.2. The van der Waals surface area contributed by atoms with E-state index < -0.39 is 22.2 Å². The van der Waals surface area contributed by atoms with Gasteiger partial charge in [0.25, 0.3) is 0 Å². The average Bonchev–Trinajstić information content (AvgIpc) is 2.91. The zero-order valence-corrected chi connectivity index (χ0v) is 22.8. The molecule has 2 aliphatic rings. The first kappa shape index (κ1) is 27.4. The van der Waals surface area contributed by atoms with Crippen molar-refractivity contribution in [2.75, 3.05) is 26.7 Å². The molecule has 4 rings (SSSR count). The number of amides is 1. The van der Waals surface area contributed by atoms with Crippen LogP contribution in [0.15, 0.2) is 59.5 Å². The van der Waals surface area contributed by atoms with Crippen LogP contribution in [0.1, 0.15) is 50.7 Å². The van der Waals surface area contributed by atoms with E-state index in [0.29, 0.717) is 12.3 Å². The van der Waals surface area contributed by atoms with Crippen molar-refractivity contribution in [3.8, 4) is 5.75 Å². The van der Waals surface area contributed by atoms with E-state index in [1.165, 1.54) is 9.88 Å². The van der Waals surface area contributed by atoms with Crippen molar-refractivity contribution in [2.24, 2.45) is 5.92 Å². The second-order valence-electron chi connectivity index (χ2n) is 10.3. The van der Waals surface area contributed by atoms with E-state index in [4.69, 9.17) is 4.74 Å². The van der Waals surface area contributed by atoms with Crippen LogP contribution >= 0.6 is 0 Å². The van der Waals surface area contributed by atoms with Gasteiger partial charge in [-0.05, 0) is 61.4 Å². The monoisotopic (exact) mass is 526 g/mol. The van der Waals surface area contributed by atoms with E-state index in [1.54, 1.807) is 24.9 Å². The summed E-state index contributed by atoms with van der Waals surface area (Å²) >= 11 is 0. The van der Waals surface area contributed by atoms with Crippen LogP contribution in [0.4, 0.5) is 0 Å². The summed E-state index contributed by atoms with van der Waals surface area (Å²) in [7, 11) is -2.14. The Hall–Kier alpha value is -2.68. The maximum Gasteiger partial charge on any atom is 0.247 e. The molecule has 0 spiro atoms. The van der Waals surface area contributed by atoms with Crippen LogP contribution in [0.2, 0.25) is 0 Å². The van der Waals surface area contributed by atoms with Gasteiger partial charge in [-0.1, -0.05) is 49.4 Å². The maximum atomic E-state index is 13.7. The number of ether oxygens (including phenoxy) is 1. The normalized spacial score (nSPS) is 22.5. The minimum atomic E-state index is -3.89. The van der Waals surface area contributed by atoms with Crippen molar-refractivity contribution < 1.29 is 23.1 Å². The lowest BCUT2D eigenvalue weighted by Crippen LogP contribution is -2.50. The number of hydrogen-bond donors (Lipinski definition) is 1. The van der Waals surface area contributed by atoms with E-state index in [2.05, 4.69) is 6.08 Å². The Morgan fingerprint density at radius 3 is 2.62 bits per heavy atom. The Balaban J connectivity index is 1.67. The molecule has 1 N–H and O–H groups in total. The highest BCUT2D eigenvalue weighted by atomic mass is 32.2. The van der Waals surface area contributed by atoms with Gasteiger partial charge in [-0.15, -0.1) is 0 Å². The molecule has 7 nitrogen and oxygen atoms in total. The molecule has 0 aromatic heterocycles. The number of nitrogens with zero attached hydrogens (tertiary/aromatic N) is 2. The fraction of sp³-hybridized carbons (Fsp3) is 0.483. The van der Waals surface area contributed by atoms with Gasteiger partial charge in [0.05, 0.1) is 19.6 Å². The van der Waals surface area contributed by atoms with Gasteiger partial charge in [0.2, 0.25) is 15.9 Å². The topological polar surface area (TPSA) is 87.2 Å². The van der Waals surface area contributed by atoms with E-state index in [1.807, 2.05) is 49.4 Å². The quantitative estimate of drug-likeness (QED) is 0.587. The zero-order valence-electron chi connectivity index (χ0n) is 22.0. The first-order valence-corrected chi connectivity index (χ1v) is 14.6. The molecule has 0 saturated heterocycles. The van der Waals surface area contributed by atoms with Crippen molar-refractivity contribution in [3.05, 3.63) is 65.7 Å². The largest absolute Gasteiger partial charge is 0.487 e. The molecule has 3 atom stereocenters. The van der Waals surface area contributed by atoms with Crippen molar-refractivity contribution in [1.82, 2.24) is 9.21 Å². The first-order chi connectivity index (χ1) is 17.7. The summed E-state index contributed by atoms with van der Waals surface area (Å²) < 4.78 is 35.2. The molecule has 0 saturated carbocycles. The Kier molecular flexibility index (Phi) is 8.72. The van der Waals surface area contributed by atoms with E-state index in [0.717, 1.165) is 36.8 Å². The summed E-state index contributed by atoms with van der Waals surface area (Å²) in [6.45, 7) is 3.86. The summed E-state index contributed by atoms with van der Waals surface area (Å²) in [6, 6.07) is 14.3. The molecule has 0 radical (unpaired) electrons. The van der Waals surface area contributed by atoms with Gasteiger partial charge < -0.3 is 14.7 Å². The molecular formula is C29H38N2O5S. The van der Waals surface area contributed by atoms with Crippen molar-refractivity contribution in [2.45, 2.75) is 63.0 Å². The number of allylic oxidation sites excluding steroid dienone is 2. The zero-order chi connectivity index (χ0) is 26.6. The Morgan fingerprint density at radius 1 is 1.19 bits per heavy atom. The summed E-state index contributed by atoms with van der Waals surface area (Å²) in [5.41, 5.74) is 3.11. The Bertz CT molecular complexity index is 1230. The third-order valence-corrected chi connectivity index (χ3v) is 9.43. The fourth-order valence-electron chi connectivity index (χ4n) is 5.02. The van der Waals surface area contributed by atoms with Gasteiger partial charge in [-0.2, -0.15) is 4.31 Å². The highest BCUT2D eigenvalue weighted by Crippen LogP contribution is 2.37. The molecule has 2 aromatic carbocycles. The highest BCUT2D eigenvalue weighted by Gasteiger charge is 2.38. The van der Waals surface area contributed by atoms with Crippen molar-refractivity contribution in [3.63, 3.8) is 0 Å². The summed E-state index contributed by atoms with van der Waals surface area (Å²) in [5.74, 6) is 0.0552. The number of fused-ring (bicyclic) bond motifs is 1. The number of sulfonamides is 1. The Morgan fingerprint density at radius 2 is 1.95 bits per heavy atom. The van der Waals surface area contributed by atoms with Gasteiger partial charge in [0, 0.05) is 25.6 Å². The summed E-state index contributed by atoms with van der Waals surface area (Å²) in [4.78, 5) is 14.8. The number of benzene rings is 2. The lowest BCUT2D eigenvalue weighted by atomic mass is 9.93. The van der Waals surface area contributed by atoms with E-state index >= 15 is 0 Å². The summed E-state index contributed by atoms with van der Waals surface area (Å²) in [5, 5.41) is 9.86. The molecule has 8 heteroatoms. The maximum absolute atomic E-state index is 13.7. The number of likely N-dealkylation sites (N-methyl/N-ethyl adjacent to an activating group) is 1.